The molecule has 2 N–H and O–H groups in total. The topological polar surface area (TPSA) is 58.0 Å². The van der Waals surface area contributed by atoms with Crippen molar-refractivity contribution in [2.45, 2.75) is 13.2 Å². The highest BCUT2D eigenvalue weighted by Crippen LogP contribution is 2.08. The van der Waals surface area contributed by atoms with E-state index in [0.29, 0.717) is 17.5 Å². The zero-order chi connectivity index (χ0) is 12.1. The van der Waals surface area contributed by atoms with E-state index in [2.05, 4.69) is 15.3 Å². The van der Waals surface area contributed by atoms with E-state index in [0.717, 1.165) is 11.1 Å². The maximum absolute atomic E-state index is 8.91. The molecule has 0 aliphatic carbocycles. The van der Waals surface area contributed by atoms with Gasteiger partial charge in [0.2, 0.25) is 5.95 Å². The average molecular weight is 250 g/mol. The average Bonchev–Trinajstić information content (AvgIpc) is 2.39. The summed E-state index contributed by atoms with van der Waals surface area (Å²) < 4.78 is 0. The molecule has 0 aliphatic heterocycles. The number of benzene rings is 1. The van der Waals surface area contributed by atoms with Gasteiger partial charge in [0.1, 0.15) is 0 Å². The van der Waals surface area contributed by atoms with E-state index in [9.17, 15) is 0 Å². The van der Waals surface area contributed by atoms with Crippen molar-refractivity contribution < 1.29 is 5.11 Å². The van der Waals surface area contributed by atoms with Gasteiger partial charge < -0.3 is 10.4 Å². The lowest BCUT2D eigenvalue weighted by Gasteiger charge is -2.05. The lowest BCUT2D eigenvalue weighted by atomic mass is 10.1. The number of aliphatic hydroxyl groups is 1. The van der Waals surface area contributed by atoms with Crippen LogP contribution in [-0.2, 0) is 13.2 Å². The first-order chi connectivity index (χ1) is 8.28. The minimum absolute atomic E-state index is 0.0635. The number of halogens is 1. The molecule has 0 saturated heterocycles. The van der Waals surface area contributed by atoms with Crippen LogP contribution in [0.15, 0.2) is 36.7 Å². The summed E-state index contributed by atoms with van der Waals surface area (Å²) in [7, 11) is 0. The van der Waals surface area contributed by atoms with Crippen molar-refractivity contribution in [1.82, 2.24) is 9.97 Å². The van der Waals surface area contributed by atoms with Gasteiger partial charge in [-0.3, -0.25) is 0 Å². The van der Waals surface area contributed by atoms with Crippen molar-refractivity contribution in [2.75, 3.05) is 5.32 Å². The van der Waals surface area contributed by atoms with Crippen LogP contribution in [0.25, 0.3) is 0 Å². The van der Waals surface area contributed by atoms with Gasteiger partial charge >= 0.3 is 0 Å². The summed E-state index contributed by atoms with van der Waals surface area (Å²) in [5, 5.41) is 12.5. The monoisotopic (exact) mass is 249 g/mol. The molecule has 0 amide bonds. The van der Waals surface area contributed by atoms with Crippen LogP contribution in [0.1, 0.15) is 11.1 Å². The molecule has 1 aromatic carbocycles. The van der Waals surface area contributed by atoms with Gasteiger partial charge in [-0.25, -0.2) is 9.97 Å². The highest BCUT2D eigenvalue weighted by molar-refractivity contribution is 6.30. The summed E-state index contributed by atoms with van der Waals surface area (Å²) in [6, 6.07) is 7.68. The molecule has 88 valence electrons. The van der Waals surface area contributed by atoms with Gasteiger partial charge in [-0.15, -0.1) is 0 Å². The number of nitrogens with one attached hydrogen (secondary N) is 1. The molecule has 0 saturated carbocycles. The number of hydrogen-bond acceptors (Lipinski definition) is 4. The van der Waals surface area contributed by atoms with Gasteiger partial charge in [0.25, 0.3) is 0 Å². The van der Waals surface area contributed by atoms with Gasteiger partial charge in [0.15, 0.2) is 0 Å². The Morgan fingerprint density at radius 2 is 1.65 bits per heavy atom. The number of aromatic nitrogens is 2. The van der Waals surface area contributed by atoms with E-state index in [1.807, 2.05) is 24.3 Å². The third kappa shape index (κ3) is 3.41. The van der Waals surface area contributed by atoms with Crippen LogP contribution in [0, 0.1) is 0 Å². The molecule has 0 bridgehead atoms. The molecule has 1 heterocycles. The summed E-state index contributed by atoms with van der Waals surface area (Å²) in [5.41, 5.74) is 2.00. The SMILES string of the molecule is OCc1ccc(CNc2ncc(Cl)cn2)cc1. The van der Waals surface area contributed by atoms with E-state index in [1.165, 1.54) is 0 Å². The molecule has 0 aliphatic rings. The van der Waals surface area contributed by atoms with Crippen LogP contribution in [0.4, 0.5) is 5.95 Å². The second kappa shape index (κ2) is 5.61. The number of hydrogen-bond donors (Lipinski definition) is 2. The molecule has 0 unspecified atom stereocenters. The fourth-order valence-electron chi connectivity index (χ4n) is 1.35. The Kier molecular flexibility index (Phi) is 3.90. The summed E-state index contributed by atoms with van der Waals surface area (Å²) >= 11 is 5.69. The van der Waals surface area contributed by atoms with Crippen LogP contribution in [0.5, 0.6) is 0 Å². The first kappa shape index (κ1) is 11.8. The molecule has 1 aromatic heterocycles. The maximum atomic E-state index is 8.91. The van der Waals surface area contributed by atoms with Gasteiger partial charge in [0, 0.05) is 6.54 Å². The molecule has 2 aromatic rings. The molecule has 0 spiro atoms. The van der Waals surface area contributed by atoms with Gasteiger partial charge in [-0.1, -0.05) is 35.9 Å². The predicted octanol–water partition coefficient (Wildman–Crippen LogP) is 2.23. The number of anilines is 1. The van der Waals surface area contributed by atoms with Crippen LogP contribution in [0.2, 0.25) is 5.02 Å². The summed E-state index contributed by atoms with van der Waals surface area (Å²) in [5.74, 6) is 0.542. The van der Waals surface area contributed by atoms with Crippen LogP contribution in [-0.4, -0.2) is 15.1 Å². The Hall–Kier alpha value is -1.65. The first-order valence-corrected chi connectivity index (χ1v) is 5.56. The van der Waals surface area contributed by atoms with Gasteiger partial charge in [0.05, 0.1) is 24.0 Å². The van der Waals surface area contributed by atoms with Gasteiger partial charge in [-0.2, -0.15) is 0 Å². The van der Waals surface area contributed by atoms with Crippen LogP contribution >= 0.6 is 11.6 Å². The lowest BCUT2D eigenvalue weighted by molar-refractivity contribution is 0.282. The van der Waals surface area contributed by atoms with E-state index in [4.69, 9.17) is 16.7 Å². The summed E-state index contributed by atoms with van der Waals surface area (Å²) in [6.45, 7) is 0.696. The Morgan fingerprint density at radius 3 is 2.24 bits per heavy atom. The van der Waals surface area contributed by atoms with Crippen molar-refractivity contribution in [1.29, 1.82) is 0 Å². The summed E-state index contributed by atoms with van der Waals surface area (Å²) in [4.78, 5) is 8.07. The van der Waals surface area contributed by atoms with Crippen molar-refractivity contribution >= 4 is 17.5 Å². The molecule has 0 atom stereocenters. The zero-order valence-electron chi connectivity index (χ0n) is 9.10. The lowest BCUT2D eigenvalue weighted by Crippen LogP contribution is -2.03. The van der Waals surface area contributed by atoms with E-state index in [1.54, 1.807) is 12.4 Å². The predicted molar refractivity (Wildman–Crippen MR) is 66.7 cm³/mol. The third-order valence-corrected chi connectivity index (χ3v) is 2.47. The van der Waals surface area contributed by atoms with E-state index in [-0.39, 0.29) is 6.61 Å². The molecule has 2 rings (SSSR count). The fraction of sp³-hybridized carbons (Fsp3) is 0.167. The molecule has 17 heavy (non-hydrogen) atoms. The molecular formula is C12H12ClN3O. The van der Waals surface area contributed by atoms with Crippen molar-refractivity contribution in [3.8, 4) is 0 Å². The molecule has 0 radical (unpaired) electrons. The highest BCUT2D eigenvalue weighted by atomic mass is 35.5. The fourth-order valence-corrected chi connectivity index (χ4v) is 1.44. The second-order valence-corrected chi connectivity index (χ2v) is 3.99. The highest BCUT2D eigenvalue weighted by Gasteiger charge is 1.97. The van der Waals surface area contributed by atoms with Gasteiger partial charge in [-0.05, 0) is 11.1 Å². The quantitative estimate of drug-likeness (QED) is 0.873. The Bertz CT molecular complexity index is 470. The van der Waals surface area contributed by atoms with E-state index < -0.39 is 0 Å². The Labute approximate surface area is 104 Å². The Morgan fingerprint density at radius 1 is 1.06 bits per heavy atom. The van der Waals surface area contributed by atoms with Crippen molar-refractivity contribution in [2.24, 2.45) is 0 Å². The number of rotatable bonds is 4. The second-order valence-electron chi connectivity index (χ2n) is 3.55. The number of aliphatic hydroxyl groups excluding tert-OH is 1. The third-order valence-electron chi connectivity index (χ3n) is 2.28. The minimum atomic E-state index is 0.0635. The minimum Gasteiger partial charge on any atom is -0.392 e. The summed E-state index contributed by atoms with van der Waals surface area (Å²) in [6.07, 6.45) is 3.09. The maximum Gasteiger partial charge on any atom is 0.222 e. The molecule has 4 nitrogen and oxygen atoms in total. The largest absolute Gasteiger partial charge is 0.392 e. The Balaban J connectivity index is 1.95. The molecular weight excluding hydrogens is 238 g/mol. The van der Waals surface area contributed by atoms with Crippen LogP contribution in [0.3, 0.4) is 0 Å². The smallest absolute Gasteiger partial charge is 0.222 e. The number of nitrogens with zero attached hydrogens (tertiary/aromatic N) is 2. The standard InChI is InChI=1S/C12H12ClN3O/c13-11-6-15-12(16-7-11)14-5-9-1-3-10(8-17)4-2-9/h1-4,6-7,17H,5,8H2,(H,14,15,16). The molecule has 5 heteroatoms. The normalized spacial score (nSPS) is 10.2. The van der Waals surface area contributed by atoms with Crippen molar-refractivity contribution in [3.05, 3.63) is 52.8 Å². The first-order valence-electron chi connectivity index (χ1n) is 5.18. The zero-order valence-corrected chi connectivity index (χ0v) is 9.85. The molecule has 0 fully saturated rings. The van der Waals surface area contributed by atoms with Crippen molar-refractivity contribution in [3.63, 3.8) is 0 Å². The van der Waals surface area contributed by atoms with E-state index >= 15 is 0 Å². The van der Waals surface area contributed by atoms with Crippen LogP contribution < -0.4 is 5.32 Å².